The topological polar surface area (TPSA) is 51.4 Å². The van der Waals surface area contributed by atoms with Crippen LogP contribution < -0.4 is 0 Å². The molecule has 2 heterocycles. The van der Waals surface area contributed by atoms with Crippen LogP contribution in [-0.2, 0) is 11.3 Å². The van der Waals surface area contributed by atoms with Gasteiger partial charge in [0, 0.05) is 24.5 Å². The van der Waals surface area contributed by atoms with Gasteiger partial charge >= 0.3 is 0 Å². The predicted octanol–water partition coefficient (Wildman–Crippen LogP) is 2.99. The van der Waals surface area contributed by atoms with Crippen molar-refractivity contribution in [1.29, 1.82) is 0 Å². The quantitative estimate of drug-likeness (QED) is 0.872. The van der Waals surface area contributed by atoms with E-state index in [0.717, 1.165) is 17.1 Å². The van der Waals surface area contributed by atoms with Gasteiger partial charge in [0.05, 0.1) is 19.3 Å². The Morgan fingerprint density at radius 3 is 2.95 bits per heavy atom. The largest absolute Gasteiger partial charge is 0.424 e. The molecule has 1 aliphatic heterocycles. The first-order valence-electron chi connectivity index (χ1n) is 7.02. The minimum Gasteiger partial charge on any atom is -0.424 e. The third-order valence-electron chi connectivity index (χ3n) is 3.69. The Morgan fingerprint density at radius 2 is 2.24 bits per heavy atom. The van der Waals surface area contributed by atoms with Crippen LogP contribution in [0.3, 0.4) is 0 Å². The number of aromatic nitrogens is 2. The van der Waals surface area contributed by atoms with Crippen molar-refractivity contribution in [1.82, 2.24) is 15.1 Å². The SMILES string of the molecule is Cc1nnc(CN2C[C@@H](c3cccc(Cl)c3)OC[C@@H]2C)o1. The monoisotopic (exact) mass is 307 g/mol. The van der Waals surface area contributed by atoms with Crippen LogP contribution in [0, 0.1) is 6.92 Å². The third-order valence-corrected chi connectivity index (χ3v) is 3.92. The number of ether oxygens (including phenoxy) is 1. The van der Waals surface area contributed by atoms with E-state index in [-0.39, 0.29) is 6.10 Å². The van der Waals surface area contributed by atoms with Gasteiger partial charge in [-0.1, -0.05) is 23.7 Å². The van der Waals surface area contributed by atoms with Crippen molar-refractivity contribution >= 4 is 11.6 Å². The Labute approximate surface area is 128 Å². The Hall–Kier alpha value is -1.43. The molecular weight excluding hydrogens is 290 g/mol. The van der Waals surface area contributed by atoms with E-state index in [9.17, 15) is 0 Å². The molecule has 0 radical (unpaired) electrons. The van der Waals surface area contributed by atoms with Gasteiger partial charge in [0.25, 0.3) is 0 Å². The van der Waals surface area contributed by atoms with Gasteiger partial charge in [-0.2, -0.15) is 0 Å². The highest BCUT2D eigenvalue weighted by atomic mass is 35.5. The Morgan fingerprint density at radius 1 is 1.38 bits per heavy atom. The fourth-order valence-corrected chi connectivity index (χ4v) is 2.71. The zero-order valence-electron chi connectivity index (χ0n) is 12.1. The average Bonchev–Trinajstić information content (AvgIpc) is 2.87. The maximum atomic E-state index is 6.06. The second-order valence-electron chi connectivity index (χ2n) is 5.37. The lowest BCUT2D eigenvalue weighted by molar-refractivity contribution is -0.0656. The van der Waals surface area contributed by atoms with Gasteiger partial charge in [-0.3, -0.25) is 4.90 Å². The van der Waals surface area contributed by atoms with E-state index in [1.54, 1.807) is 6.92 Å². The maximum Gasteiger partial charge on any atom is 0.230 e. The van der Waals surface area contributed by atoms with E-state index in [1.807, 2.05) is 24.3 Å². The van der Waals surface area contributed by atoms with Crippen LogP contribution in [0.1, 0.15) is 30.4 Å². The summed E-state index contributed by atoms with van der Waals surface area (Å²) in [5.41, 5.74) is 1.10. The lowest BCUT2D eigenvalue weighted by Crippen LogP contribution is -2.44. The molecule has 2 atom stereocenters. The van der Waals surface area contributed by atoms with E-state index in [0.29, 0.717) is 31.0 Å². The van der Waals surface area contributed by atoms with Crippen LogP contribution in [0.15, 0.2) is 28.7 Å². The first-order chi connectivity index (χ1) is 10.1. The number of morpholine rings is 1. The van der Waals surface area contributed by atoms with E-state index in [1.165, 1.54) is 0 Å². The van der Waals surface area contributed by atoms with Crippen molar-refractivity contribution in [3.05, 3.63) is 46.6 Å². The first kappa shape index (κ1) is 14.5. The van der Waals surface area contributed by atoms with Gasteiger partial charge in [0.1, 0.15) is 0 Å². The van der Waals surface area contributed by atoms with Crippen LogP contribution >= 0.6 is 11.6 Å². The summed E-state index contributed by atoms with van der Waals surface area (Å²) in [4.78, 5) is 2.29. The van der Waals surface area contributed by atoms with Crippen LogP contribution in [0.4, 0.5) is 0 Å². The summed E-state index contributed by atoms with van der Waals surface area (Å²) in [6, 6.07) is 8.13. The van der Waals surface area contributed by atoms with Crippen molar-refractivity contribution in [2.45, 2.75) is 32.5 Å². The van der Waals surface area contributed by atoms with Crippen molar-refractivity contribution in [3.8, 4) is 0 Å². The van der Waals surface area contributed by atoms with Gasteiger partial charge in [0.15, 0.2) is 0 Å². The summed E-state index contributed by atoms with van der Waals surface area (Å²) < 4.78 is 11.4. The zero-order valence-corrected chi connectivity index (χ0v) is 12.9. The molecule has 1 aromatic heterocycles. The van der Waals surface area contributed by atoms with Crippen molar-refractivity contribution in [3.63, 3.8) is 0 Å². The summed E-state index contributed by atoms with van der Waals surface area (Å²) in [7, 11) is 0. The molecule has 3 rings (SSSR count). The molecule has 21 heavy (non-hydrogen) atoms. The molecule has 0 unspecified atom stereocenters. The molecule has 112 valence electrons. The molecule has 6 heteroatoms. The minimum atomic E-state index is 0.0175. The number of halogens is 1. The number of hydrogen-bond acceptors (Lipinski definition) is 5. The summed E-state index contributed by atoms with van der Waals surface area (Å²) in [6.45, 7) is 6.03. The Balaban J connectivity index is 1.72. The lowest BCUT2D eigenvalue weighted by Gasteiger charge is -2.37. The smallest absolute Gasteiger partial charge is 0.230 e. The molecule has 0 aliphatic carbocycles. The highest BCUT2D eigenvalue weighted by Crippen LogP contribution is 2.27. The van der Waals surface area contributed by atoms with Crippen molar-refractivity contribution in [2.75, 3.05) is 13.2 Å². The lowest BCUT2D eigenvalue weighted by atomic mass is 10.1. The standard InChI is InChI=1S/C15H18ClN3O2/c1-10-9-20-14(12-4-3-5-13(16)6-12)7-19(10)8-15-18-17-11(2)21-15/h3-6,10,14H,7-9H2,1-2H3/t10-,14-/m0/s1. The highest BCUT2D eigenvalue weighted by Gasteiger charge is 2.28. The molecule has 0 saturated carbocycles. The predicted molar refractivity (Wildman–Crippen MR) is 79.1 cm³/mol. The van der Waals surface area contributed by atoms with Crippen molar-refractivity contribution < 1.29 is 9.15 Å². The molecule has 1 aliphatic rings. The molecule has 0 spiro atoms. The van der Waals surface area contributed by atoms with Gasteiger partial charge in [0.2, 0.25) is 11.8 Å². The molecular formula is C15H18ClN3O2. The van der Waals surface area contributed by atoms with Crippen molar-refractivity contribution in [2.24, 2.45) is 0 Å². The Kier molecular flexibility index (Phi) is 4.24. The van der Waals surface area contributed by atoms with Gasteiger partial charge < -0.3 is 9.15 Å². The summed E-state index contributed by atoms with van der Waals surface area (Å²) in [5.74, 6) is 1.24. The third kappa shape index (κ3) is 3.43. The second kappa shape index (κ2) is 6.13. The summed E-state index contributed by atoms with van der Waals surface area (Å²) in [6.07, 6.45) is 0.0175. The molecule has 1 saturated heterocycles. The molecule has 0 N–H and O–H groups in total. The van der Waals surface area contributed by atoms with E-state index in [4.69, 9.17) is 20.8 Å². The maximum absolute atomic E-state index is 6.06. The number of nitrogens with zero attached hydrogens (tertiary/aromatic N) is 3. The number of aryl methyl sites for hydroxylation is 1. The molecule has 5 nitrogen and oxygen atoms in total. The van der Waals surface area contributed by atoms with Crippen LogP contribution in [-0.4, -0.2) is 34.3 Å². The normalized spacial score (nSPS) is 23.4. The highest BCUT2D eigenvalue weighted by molar-refractivity contribution is 6.30. The second-order valence-corrected chi connectivity index (χ2v) is 5.81. The summed E-state index contributed by atoms with van der Waals surface area (Å²) in [5, 5.41) is 8.67. The van der Waals surface area contributed by atoms with Crippen LogP contribution in [0.2, 0.25) is 5.02 Å². The van der Waals surface area contributed by atoms with Crippen LogP contribution in [0.5, 0.6) is 0 Å². The molecule has 0 bridgehead atoms. The minimum absolute atomic E-state index is 0.0175. The average molecular weight is 308 g/mol. The van der Waals surface area contributed by atoms with Gasteiger partial charge in [-0.25, -0.2) is 0 Å². The zero-order chi connectivity index (χ0) is 14.8. The molecule has 2 aromatic rings. The van der Waals surface area contributed by atoms with E-state index >= 15 is 0 Å². The number of benzene rings is 1. The molecule has 1 aromatic carbocycles. The van der Waals surface area contributed by atoms with Gasteiger partial charge in [-0.05, 0) is 24.6 Å². The first-order valence-corrected chi connectivity index (χ1v) is 7.39. The fraction of sp³-hybridized carbons (Fsp3) is 0.467. The van der Waals surface area contributed by atoms with Gasteiger partial charge in [-0.15, -0.1) is 10.2 Å². The Bertz CT molecular complexity index is 616. The fourth-order valence-electron chi connectivity index (χ4n) is 2.51. The van der Waals surface area contributed by atoms with Crippen LogP contribution in [0.25, 0.3) is 0 Å². The molecule has 1 fully saturated rings. The summed E-state index contributed by atoms with van der Waals surface area (Å²) >= 11 is 6.06. The molecule has 0 amide bonds. The van der Waals surface area contributed by atoms with E-state index < -0.39 is 0 Å². The number of hydrogen-bond donors (Lipinski definition) is 0. The number of rotatable bonds is 3. The van der Waals surface area contributed by atoms with E-state index in [2.05, 4.69) is 22.0 Å².